The molecule has 0 radical (unpaired) electrons. The molecule has 13 heavy (non-hydrogen) atoms. The fourth-order valence-corrected chi connectivity index (χ4v) is 1.01. The molecular weight excluding hydrogens is 160 g/mol. The number of hydrogen-bond acceptors (Lipinski definition) is 1. The van der Waals surface area contributed by atoms with E-state index in [1.54, 1.807) is 6.33 Å². The summed E-state index contributed by atoms with van der Waals surface area (Å²) in [6.45, 7) is 7.68. The summed E-state index contributed by atoms with van der Waals surface area (Å²) in [6, 6.07) is 0. The van der Waals surface area contributed by atoms with E-state index in [2.05, 4.69) is 16.5 Å². The Kier molecular flexibility index (Phi) is 3.26. The number of aromatic nitrogens is 2. The molecule has 1 aromatic heterocycles. The van der Waals surface area contributed by atoms with Gasteiger partial charge in [-0.1, -0.05) is 18.7 Å². The summed E-state index contributed by atoms with van der Waals surface area (Å²) in [7, 11) is 0. The van der Waals surface area contributed by atoms with Crippen molar-refractivity contribution < 1.29 is 0 Å². The Bertz CT molecular complexity index is 343. The Balaban J connectivity index is 3.00. The first-order valence-corrected chi connectivity index (χ1v) is 4.24. The molecule has 0 spiro atoms. The van der Waals surface area contributed by atoms with Crippen molar-refractivity contribution in [3.8, 4) is 0 Å². The average molecular weight is 174 g/mol. The Labute approximate surface area is 78.7 Å². The minimum atomic E-state index is 0.962. The summed E-state index contributed by atoms with van der Waals surface area (Å²) in [6.07, 6.45) is 9.47. The van der Waals surface area contributed by atoms with Crippen LogP contribution in [0.3, 0.4) is 0 Å². The van der Waals surface area contributed by atoms with Gasteiger partial charge < -0.3 is 4.98 Å². The standard InChI is InChI=1S/C11H14N2/c1-4-6-10-11(13-8-12-10)7-9(3)5-2/h4-8H,2H2,1,3H3,(H,12,13)/b6-4-,9-7-. The molecule has 0 aliphatic rings. The summed E-state index contributed by atoms with van der Waals surface area (Å²) >= 11 is 0. The molecule has 0 amide bonds. The number of imidazole rings is 1. The molecule has 0 saturated carbocycles. The van der Waals surface area contributed by atoms with E-state index in [0.29, 0.717) is 0 Å². The molecule has 0 aromatic carbocycles. The summed E-state index contributed by atoms with van der Waals surface area (Å²) in [4.78, 5) is 7.24. The van der Waals surface area contributed by atoms with Crippen LogP contribution < -0.4 is 0 Å². The third-order valence-electron chi connectivity index (χ3n) is 1.72. The molecular formula is C11H14N2. The molecule has 0 bridgehead atoms. The van der Waals surface area contributed by atoms with Crippen molar-refractivity contribution in [1.82, 2.24) is 9.97 Å². The molecule has 1 rings (SSSR count). The van der Waals surface area contributed by atoms with Crippen molar-refractivity contribution in [2.75, 3.05) is 0 Å². The molecule has 2 heteroatoms. The zero-order valence-electron chi connectivity index (χ0n) is 8.04. The molecule has 68 valence electrons. The van der Waals surface area contributed by atoms with E-state index in [1.807, 2.05) is 38.2 Å². The van der Waals surface area contributed by atoms with Gasteiger partial charge in [0.15, 0.2) is 0 Å². The number of hydrogen-bond donors (Lipinski definition) is 1. The van der Waals surface area contributed by atoms with E-state index in [4.69, 9.17) is 0 Å². The van der Waals surface area contributed by atoms with Crippen molar-refractivity contribution in [1.29, 1.82) is 0 Å². The van der Waals surface area contributed by atoms with Gasteiger partial charge in [-0.05, 0) is 31.6 Å². The van der Waals surface area contributed by atoms with Gasteiger partial charge in [0.1, 0.15) is 0 Å². The Morgan fingerprint density at radius 1 is 1.62 bits per heavy atom. The highest BCUT2D eigenvalue weighted by Gasteiger charge is 1.97. The summed E-state index contributed by atoms with van der Waals surface area (Å²) < 4.78 is 0. The molecule has 0 saturated heterocycles. The van der Waals surface area contributed by atoms with Crippen molar-refractivity contribution in [2.24, 2.45) is 0 Å². The van der Waals surface area contributed by atoms with E-state index in [9.17, 15) is 0 Å². The lowest BCUT2D eigenvalue weighted by Gasteiger charge is -1.92. The van der Waals surface area contributed by atoms with Crippen LogP contribution >= 0.6 is 0 Å². The monoisotopic (exact) mass is 174 g/mol. The lowest BCUT2D eigenvalue weighted by molar-refractivity contribution is 1.30. The molecule has 0 aliphatic heterocycles. The second-order valence-corrected chi connectivity index (χ2v) is 2.79. The number of H-pyrrole nitrogens is 1. The van der Waals surface area contributed by atoms with Gasteiger partial charge in [0.2, 0.25) is 0 Å². The van der Waals surface area contributed by atoms with Crippen molar-refractivity contribution in [3.63, 3.8) is 0 Å². The third-order valence-corrected chi connectivity index (χ3v) is 1.72. The maximum atomic E-state index is 4.17. The lowest BCUT2D eigenvalue weighted by Crippen LogP contribution is -1.78. The smallest absolute Gasteiger partial charge is 0.0931 e. The maximum absolute atomic E-state index is 4.17. The topological polar surface area (TPSA) is 28.7 Å². The van der Waals surface area contributed by atoms with Crippen molar-refractivity contribution >= 4 is 12.2 Å². The van der Waals surface area contributed by atoms with Gasteiger partial charge in [-0.2, -0.15) is 0 Å². The summed E-state index contributed by atoms with van der Waals surface area (Å²) in [5.41, 5.74) is 3.11. The lowest BCUT2D eigenvalue weighted by atomic mass is 10.2. The zero-order valence-corrected chi connectivity index (χ0v) is 8.04. The quantitative estimate of drug-likeness (QED) is 0.701. The van der Waals surface area contributed by atoms with Crippen LogP contribution in [0, 0.1) is 0 Å². The first-order valence-electron chi connectivity index (χ1n) is 4.24. The molecule has 0 fully saturated rings. The van der Waals surface area contributed by atoms with E-state index in [0.717, 1.165) is 17.0 Å². The fourth-order valence-electron chi connectivity index (χ4n) is 1.01. The summed E-state index contributed by atoms with van der Waals surface area (Å²) in [5.74, 6) is 0. The predicted molar refractivity (Wildman–Crippen MR) is 57.1 cm³/mol. The highest BCUT2D eigenvalue weighted by molar-refractivity contribution is 5.62. The van der Waals surface area contributed by atoms with Crippen LogP contribution in [0.5, 0.6) is 0 Å². The third kappa shape index (κ3) is 2.44. The highest BCUT2D eigenvalue weighted by Crippen LogP contribution is 2.10. The Morgan fingerprint density at radius 3 is 3.00 bits per heavy atom. The highest BCUT2D eigenvalue weighted by atomic mass is 14.9. The number of aromatic amines is 1. The number of nitrogens with zero attached hydrogens (tertiary/aromatic N) is 1. The van der Waals surface area contributed by atoms with E-state index in [-0.39, 0.29) is 0 Å². The fraction of sp³-hybridized carbons (Fsp3) is 0.182. The predicted octanol–water partition coefficient (Wildman–Crippen LogP) is 3.03. The van der Waals surface area contributed by atoms with Crippen LogP contribution in [-0.2, 0) is 0 Å². The molecule has 0 atom stereocenters. The zero-order chi connectivity index (χ0) is 9.68. The number of rotatable bonds is 3. The van der Waals surface area contributed by atoms with Gasteiger partial charge in [0, 0.05) is 0 Å². The molecule has 1 aromatic rings. The van der Waals surface area contributed by atoms with Crippen LogP contribution in [0.2, 0.25) is 0 Å². The van der Waals surface area contributed by atoms with Crippen LogP contribution in [0.1, 0.15) is 25.2 Å². The second kappa shape index (κ2) is 4.45. The molecule has 1 N–H and O–H groups in total. The number of allylic oxidation sites excluding steroid dienone is 3. The van der Waals surface area contributed by atoms with E-state index in [1.165, 1.54) is 0 Å². The first-order chi connectivity index (χ1) is 6.27. The van der Waals surface area contributed by atoms with Gasteiger partial charge in [-0.15, -0.1) is 0 Å². The van der Waals surface area contributed by atoms with Gasteiger partial charge in [0.05, 0.1) is 17.7 Å². The minimum Gasteiger partial charge on any atom is -0.345 e. The summed E-state index contributed by atoms with van der Waals surface area (Å²) in [5, 5.41) is 0. The minimum absolute atomic E-state index is 0.962. The number of nitrogens with one attached hydrogen (secondary N) is 1. The molecule has 1 heterocycles. The van der Waals surface area contributed by atoms with Gasteiger partial charge >= 0.3 is 0 Å². The molecule has 0 aliphatic carbocycles. The van der Waals surface area contributed by atoms with Gasteiger partial charge in [-0.3, -0.25) is 0 Å². The molecule has 0 unspecified atom stereocenters. The second-order valence-electron chi connectivity index (χ2n) is 2.79. The van der Waals surface area contributed by atoms with Crippen LogP contribution in [0.25, 0.3) is 12.2 Å². The van der Waals surface area contributed by atoms with Crippen molar-refractivity contribution in [2.45, 2.75) is 13.8 Å². The van der Waals surface area contributed by atoms with E-state index < -0.39 is 0 Å². The SMILES string of the molecule is C=C/C(C)=C\c1[nH]cnc1/C=C\C. The first kappa shape index (κ1) is 9.52. The Hall–Kier alpha value is -1.57. The normalized spacial score (nSPS) is 12.3. The maximum Gasteiger partial charge on any atom is 0.0931 e. The van der Waals surface area contributed by atoms with Crippen LogP contribution in [0.4, 0.5) is 0 Å². The molecule has 2 nitrogen and oxygen atoms in total. The van der Waals surface area contributed by atoms with E-state index >= 15 is 0 Å². The van der Waals surface area contributed by atoms with Crippen LogP contribution in [-0.4, -0.2) is 9.97 Å². The van der Waals surface area contributed by atoms with Crippen LogP contribution in [0.15, 0.2) is 30.6 Å². The largest absolute Gasteiger partial charge is 0.345 e. The Morgan fingerprint density at radius 2 is 2.38 bits per heavy atom. The van der Waals surface area contributed by atoms with Crippen molar-refractivity contribution in [3.05, 3.63) is 42.0 Å². The average Bonchev–Trinajstić information content (AvgIpc) is 2.54. The van der Waals surface area contributed by atoms with Gasteiger partial charge in [0.25, 0.3) is 0 Å². The van der Waals surface area contributed by atoms with Gasteiger partial charge in [-0.25, -0.2) is 4.98 Å².